The first-order chi connectivity index (χ1) is 12.2. The molecule has 0 radical (unpaired) electrons. The van der Waals surface area contributed by atoms with Gasteiger partial charge in [-0.1, -0.05) is 37.1 Å². The number of hydrogen-bond donors (Lipinski definition) is 2. The lowest BCUT2D eigenvalue weighted by atomic mass is 9.97. The fourth-order valence-corrected chi connectivity index (χ4v) is 3.46. The van der Waals surface area contributed by atoms with Gasteiger partial charge in [-0.15, -0.1) is 0 Å². The predicted molar refractivity (Wildman–Crippen MR) is 90.9 cm³/mol. The average Bonchev–Trinajstić information content (AvgIpc) is 2.91. The Bertz CT molecular complexity index is 902. The van der Waals surface area contributed by atoms with Crippen LogP contribution in [0.5, 0.6) is 0 Å². The molecule has 1 aliphatic rings. The molecule has 1 heterocycles. The number of aryl methyl sites for hydroxylation is 1. The van der Waals surface area contributed by atoms with Crippen LogP contribution in [0.4, 0.5) is 13.2 Å². The molecule has 0 bridgehead atoms. The summed E-state index contributed by atoms with van der Waals surface area (Å²) in [4.78, 5) is 26.2. The second-order valence-corrected chi connectivity index (χ2v) is 6.64. The van der Waals surface area contributed by atoms with E-state index in [0.29, 0.717) is 6.07 Å². The molecular formula is C19H19F3N2O2. The second kappa shape index (κ2) is 6.63. The maximum atomic E-state index is 12.7. The SMILES string of the molecule is CCC1Cc2ccc(C)cc2C1NC(=O)c1ccc(C(F)(F)F)[nH]c1=O. The van der Waals surface area contributed by atoms with Crippen molar-refractivity contribution in [3.63, 3.8) is 0 Å². The quantitative estimate of drug-likeness (QED) is 0.871. The number of aromatic amines is 1. The Morgan fingerprint density at radius 1 is 1.27 bits per heavy atom. The van der Waals surface area contributed by atoms with Crippen LogP contribution < -0.4 is 10.9 Å². The topological polar surface area (TPSA) is 62.0 Å². The number of aromatic nitrogens is 1. The van der Waals surface area contributed by atoms with Crippen molar-refractivity contribution < 1.29 is 18.0 Å². The number of rotatable bonds is 3. The number of pyridine rings is 1. The van der Waals surface area contributed by atoms with Gasteiger partial charge in [0, 0.05) is 0 Å². The first-order valence-corrected chi connectivity index (χ1v) is 8.41. The van der Waals surface area contributed by atoms with Gasteiger partial charge >= 0.3 is 6.18 Å². The van der Waals surface area contributed by atoms with Crippen LogP contribution in [0.3, 0.4) is 0 Å². The number of carbonyl (C=O) groups excluding carboxylic acids is 1. The average molecular weight is 364 g/mol. The van der Waals surface area contributed by atoms with Gasteiger partial charge in [-0.2, -0.15) is 13.2 Å². The van der Waals surface area contributed by atoms with Gasteiger partial charge in [0.05, 0.1) is 6.04 Å². The van der Waals surface area contributed by atoms with Gasteiger partial charge in [0.1, 0.15) is 11.3 Å². The van der Waals surface area contributed by atoms with E-state index in [9.17, 15) is 22.8 Å². The summed E-state index contributed by atoms with van der Waals surface area (Å²) in [7, 11) is 0. The molecule has 1 aromatic heterocycles. The van der Waals surface area contributed by atoms with E-state index in [-0.39, 0.29) is 17.5 Å². The van der Waals surface area contributed by atoms with Crippen LogP contribution in [-0.2, 0) is 12.6 Å². The fraction of sp³-hybridized carbons (Fsp3) is 0.368. The van der Waals surface area contributed by atoms with Crippen LogP contribution in [0.25, 0.3) is 0 Å². The summed E-state index contributed by atoms with van der Waals surface area (Å²) < 4.78 is 38.0. The van der Waals surface area contributed by atoms with E-state index < -0.39 is 23.3 Å². The van der Waals surface area contributed by atoms with Crippen molar-refractivity contribution in [2.24, 2.45) is 5.92 Å². The Hall–Kier alpha value is -2.57. The predicted octanol–water partition coefficient (Wildman–Crippen LogP) is 3.76. The molecule has 0 spiro atoms. The lowest BCUT2D eigenvalue weighted by molar-refractivity contribution is -0.141. The van der Waals surface area contributed by atoms with E-state index in [1.807, 2.05) is 32.0 Å². The smallest absolute Gasteiger partial charge is 0.345 e. The number of H-pyrrole nitrogens is 1. The van der Waals surface area contributed by atoms with Crippen LogP contribution in [0.1, 0.15) is 52.1 Å². The third-order valence-corrected chi connectivity index (χ3v) is 4.86. The highest BCUT2D eigenvalue weighted by atomic mass is 19.4. The first kappa shape index (κ1) is 18.2. The zero-order valence-corrected chi connectivity index (χ0v) is 14.4. The summed E-state index contributed by atoms with van der Waals surface area (Å²) in [6, 6.07) is 7.42. The highest BCUT2D eigenvalue weighted by molar-refractivity contribution is 5.94. The number of fused-ring (bicyclic) bond motifs is 1. The van der Waals surface area contributed by atoms with Gasteiger partial charge in [0.15, 0.2) is 0 Å². The number of alkyl halides is 3. The number of halogens is 3. The summed E-state index contributed by atoms with van der Waals surface area (Å²) in [5, 5.41) is 2.84. The second-order valence-electron chi connectivity index (χ2n) is 6.64. The third kappa shape index (κ3) is 3.38. The molecule has 2 unspecified atom stereocenters. The fourth-order valence-electron chi connectivity index (χ4n) is 3.46. The van der Waals surface area contributed by atoms with Crippen molar-refractivity contribution in [2.75, 3.05) is 0 Å². The normalized spacial score (nSPS) is 19.3. The lowest BCUT2D eigenvalue weighted by Crippen LogP contribution is -2.35. The Balaban J connectivity index is 1.88. The van der Waals surface area contributed by atoms with E-state index >= 15 is 0 Å². The van der Waals surface area contributed by atoms with E-state index in [4.69, 9.17) is 0 Å². The van der Waals surface area contributed by atoms with Crippen molar-refractivity contribution in [1.29, 1.82) is 0 Å². The Morgan fingerprint density at radius 3 is 2.62 bits per heavy atom. The molecule has 0 saturated carbocycles. The van der Waals surface area contributed by atoms with Gasteiger partial charge in [0.25, 0.3) is 11.5 Å². The molecule has 0 aliphatic heterocycles. The highest BCUT2D eigenvalue weighted by Crippen LogP contribution is 2.38. The number of hydrogen-bond acceptors (Lipinski definition) is 2. The summed E-state index contributed by atoms with van der Waals surface area (Å²) in [5.41, 5.74) is 0.670. The molecule has 4 nitrogen and oxygen atoms in total. The number of nitrogens with one attached hydrogen (secondary N) is 2. The largest absolute Gasteiger partial charge is 0.431 e. The van der Waals surface area contributed by atoms with Crippen LogP contribution in [0, 0.1) is 12.8 Å². The lowest BCUT2D eigenvalue weighted by Gasteiger charge is -2.21. The molecule has 2 atom stereocenters. The number of amides is 1. The first-order valence-electron chi connectivity index (χ1n) is 8.41. The number of carbonyl (C=O) groups is 1. The zero-order chi connectivity index (χ0) is 19.1. The molecule has 0 fully saturated rings. The molecule has 7 heteroatoms. The maximum Gasteiger partial charge on any atom is 0.431 e. The molecule has 3 rings (SSSR count). The molecule has 138 valence electrons. The summed E-state index contributed by atoms with van der Waals surface area (Å²) in [5.74, 6) is -0.484. The van der Waals surface area contributed by atoms with Crippen molar-refractivity contribution in [3.8, 4) is 0 Å². The van der Waals surface area contributed by atoms with Crippen molar-refractivity contribution >= 4 is 5.91 Å². The maximum absolute atomic E-state index is 12.7. The minimum atomic E-state index is -4.66. The summed E-state index contributed by atoms with van der Waals surface area (Å²) in [6.07, 6.45) is -3.01. The Kier molecular flexibility index (Phi) is 4.64. The van der Waals surface area contributed by atoms with E-state index in [0.717, 1.165) is 35.6 Å². The molecule has 2 aromatic rings. The monoisotopic (exact) mass is 364 g/mol. The minimum Gasteiger partial charge on any atom is -0.345 e. The number of benzene rings is 1. The van der Waals surface area contributed by atoms with Gasteiger partial charge in [-0.25, -0.2) is 0 Å². The van der Waals surface area contributed by atoms with Gasteiger partial charge in [-0.3, -0.25) is 9.59 Å². The molecule has 26 heavy (non-hydrogen) atoms. The Labute approximate surface area is 148 Å². The summed E-state index contributed by atoms with van der Waals surface area (Å²) >= 11 is 0. The molecule has 1 amide bonds. The van der Waals surface area contributed by atoms with Crippen molar-refractivity contribution in [1.82, 2.24) is 10.3 Å². The van der Waals surface area contributed by atoms with Crippen LogP contribution >= 0.6 is 0 Å². The Morgan fingerprint density at radius 2 is 2.00 bits per heavy atom. The highest BCUT2D eigenvalue weighted by Gasteiger charge is 2.34. The zero-order valence-electron chi connectivity index (χ0n) is 14.4. The summed E-state index contributed by atoms with van der Waals surface area (Å²) in [6.45, 7) is 3.98. The van der Waals surface area contributed by atoms with Crippen LogP contribution in [0.2, 0.25) is 0 Å². The van der Waals surface area contributed by atoms with Crippen LogP contribution in [-0.4, -0.2) is 10.9 Å². The molecule has 0 saturated heterocycles. The minimum absolute atomic E-state index is 0.185. The van der Waals surface area contributed by atoms with E-state index in [1.54, 1.807) is 4.98 Å². The van der Waals surface area contributed by atoms with Crippen molar-refractivity contribution in [3.05, 3.63) is 68.6 Å². The van der Waals surface area contributed by atoms with E-state index in [2.05, 4.69) is 5.32 Å². The molecule has 1 aromatic carbocycles. The van der Waals surface area contributed by atoms with E-state index in [1.165, 1.54) is 0 Å². The standard InChI is InChI=1S/C19H19F3N2O2/c1-3-11-9-12-5-4-10(2)8-14(12)16(11)24-18(26)13-6-7-15(19(20,21)22)23-17(13)25/h4-8,11,16H,3,9H2,1-2H3,(H,23,25)(H,24,26). The molecular weight excluding hydrogens is 345 g/mol. The van der Waals surface area contributed by atoms with Crippen LogP contribution in [0.15, 0.2) is 35.1 Å². The van der Waals surface area contributed by atoms with Gasteiger partial charge in [-0.05, 0) is 42.5 Å². The van der Waals surface area contributed by atoms with Gasteiger partial charge < -0.3 is 10.3 Å². The molecule has 1 aliphatic carbocycles. The van der Waals surface area contributed by atoms with Crippen molar-refractivity contribution in [2.45, 2.75) is 38.9 Å². The molecule has 2 N–H and O–H groups in total. The third-order valence-electron chi connectivity index (χ3n) is 4.86. The van der Waals surface area contributed by atoms with Gasteiger partial charge in [0.2, 0.25) is 0 Å².